The quantitative estimate of drug-likeness (QED) is 0.0147. The van der Waals surface area contributed by atoms with Gasteiger partial charge in [0.05, 0.1) is 12.4 Å². The van der Waals surface area contributed by atoms with Crippen LogP contribution in [0.25, 0.3) is 0 Å². The number of hydrogen-bond acceptors (Lipinski definition) is 13. The molecule has 0 fully saturated rings. The van der Waals surface area contributed by atoms with Crippen molar-refractivity contribution in [2.45, 2.75) is 128 Å². The van der Waals surface area contributed by atoms with Crippen molar-refractivity contribution in [2.24, 2.45) is 56.2 Å². The van der Waals surface area contributed by atoms with Crippen LogP contribution < -0.4 is 66.3 Å². The number of nitrogens with one attached hydrogen (secondary N) is 7. The van der Waals surface area contributed by atoms with Crippen LogP contribution in [0.3, 0.4) is 0 Å². The van der Waals surface area contributed by atoms with E-state index in [1.807, 2.05) is 13.8 Å². The summed E-state index contributed by atoms with van der Waals surface area (Å²) in [7, 11) is 0. The molecule has 0 saturated carbocycles. The maximum Gasteiger partial charge on any atom is 0.326 e. The summed E-state index contributed by atoms with van der Waals surface area (Å²) in [4.78, 5) is 109. The number of aliphatic imine (C=N–C) groups is 2. The predicted octanol–water partition coefficient (Wildman–Crippen LogP) is -3.86. The Labute approximate surface area is 373 Å². The molecule has 0 aromatic carbocycles. The third-order valence-electron chi connectivity index (χ3n) is 9.45. The van der Waals surface area contributed by atoms with Gasteiger partial charge in [0, 0.05) is 37.2 Å². The SMILES string of the molecule is CC(C)C[C@H](NC(=O)[C@@H](NC(=O)[C@H](CCCCN)NC(=O)[C@@H](N)CS)C(C)C)C(=O)N[C@@H](CCCN=C(N)N)C(=O)N[C@@H](CCCN=C(N)N)C(=O)N[C@@H](Cc1cnc[nH]1)C(=O)O. The third kappa shape index (κ3) is 22.3. The third-order valence-corrected chi connectivity index (χ3v) is 9.84. The number of carboxylic acid groups (broad SMARTS) is 1. The molecule has 0 saturated heterocycles. The molecule has 1 aromatic heterocycles. The van der Waals surface area contributed by atoms with E-state index in [1.54, 1.807) is 13.8 Å². The maximum atomic E-state index is 14.1. The van der Waals surface area contributed by atoms with E-state index in [1.165, 1.54) is 12.5 Å². The van der Waals surface area contributed by atoms with Crippen molar-refractivity contribution in [2.75, 3.05) is 25.4 Å². The van der Waals surface area contributed by atoms with E-state index >= 15 is 0 Å². The number of H-pyrrole nitrogens is 1. The molecular weight excluding hydrogens is 841 g/mol. The topological polar surface area (TPSA) is 421 Å². The van der Waals surface area contributed by atoms with Crippen molar-refractivity contribution in [1.29, 1.82) is 0 Å². The molecule has 1 heterocycles. The highest BCUT2D eigenvalue weighted by Crippen LogP contribution is 2.12. The van der Waals surface area contributed by atoms with Gasteiger partial charge in [0.1, 0.15) is 36.3 Å². The first-order valence-electron chi connectivity index (χ1n) is 20.9. The molecule has 356 valence electrons. The number of unbranched alkanes of at least 4 members (excludes halogenated alkanes) is 1. The Morgan fingerprint density at radius 3 is 1.57 bits per heavy atom. The van der Waals surface area contributed by atoms with Crippen molar-refractivity contribution in [3.05, 3.63) is 18.2 Å². The first-order valence-corrected chi connectivity index (χ1v) is 21.5. The number of nitrogens with zero attached hydrogens (tertiary/aromatic N) is 3. The molecule has 25 heteroatoms. The summed E-state index contributed by atoms with van der Waals surface area (Å²) >= 11 is 4.06. The van der Waals surface area contributed by atoms with E-state index in [-0.39, 0.29) is 81.6 Å². The summed E-state index contributed by atoms with van der Waals surface area (Å²) in [6, 6.07) is -8.42. The van der Waals surface area contributed by atoms with Crippen LogP contribution >= 0.6 is 12.6 Å². The van der Waals surface area contributed by atoms with Gasteiger partial charge in [-0.2, -0.15) is 12.6 Å². The molecule has 7 atom stereocenters. The fourth-order valence-corrected chi connectivity index (χ4v) is 6.22. The smallest absolute Gasteiger partial charge is 0.326 e. The van der Waals surface area contributed by atoms with Crippen LogP contribution in [0, 0.1) is 11.8 Å². The molecule has 20 N–H and O–H groups in total. The molecule has 0 bridgehead atoms. The highest BCUT2D eigenvalue weighted by Gasteiger charge is 2.35. The summed E-state index contributed by atoms with van der Waals surface area (Å²) in [5, 5.41) is 25.7. The summed E-state index contributed by atoms with van der Waals surface area (Å²) in [6.45, 7) is 7.55. The second-order valence-corrected chi connectivity index (χ2v) is 16.1. The van der Waals surface area contributed by atoms with Crippen LogP contribution in [-0.4, -0.2) is 136 Å². The number of hydrogen-bond donors (Lipinski definition) is 15. The highest BCUT2D eigenvalue weighted by atomic mass is 32.1. The number of rotatable bonds is 31. The Balaban J connectivity index is 3.43. The molecule has 0 radical (unpaired) electrons. The zero-order chi connectivity index (χ0) is 47.6. The highest BCUT2D eigenvalue weighted by molar-refractivity contribution is 7.80. The predicted molar refractivity (Wildman–Crippen MR) is 240 cm³/mol. The molecule has 1 aromatic rings. The second-order valence-electron chi connectivity index (χ2n) is 15.8. The van der Waals surface area contributed by atoms with Crippen molar-refractivity contribution in [3.63, 3.8) is 0 Å². The monoisotopic (exact) mass is 911 g/mol. The number of aromatic nitrogens is 2. The normalized spacial score (nSPS) is 14.4. The second kappa shape index (κ2) is 29.6. The Hall–Kier alpha value is -5.69. The van der Waals surface area contributed by atoms with Gasteiger partial charge in [0.2, 0.25) is 35.4 Å². The zero-order valence-corrected chi connectivity index (χ0v) is 37.5. The Morgan fingerprint density at radius 2 is 1.14 bits per heavy atom. The summed E-state index contributed by atoms with van der Waals surface area (Å²) in [5.41, 5.74) is 33.8. The molecule has 24 nitrogen and oxygen atoms in total. The summed E-state index contributed by atoms with van der Waals surface area (Å²) in [5.74, 6) is -6.66. The van der Waals surface area contributed by atoms with Crippen LogP contribution in [0.2, 0.25) is 0 Å². The van der Waals surface area contributed by atoms with E-state index < -0.39 is 89.6 Å². The van der Waals surface area contributed by atoms with Gasteiger partial charge in [0.15, 0.2) is 11.9 Å². The Bertz CT molecular complexity index is 1670. The van der Waals surface area contributed by atoms with Gasteiger partial charge in [0.25, 0.3) is 0 Å². The first-order chi connectivity index (χ1) is 29.7. The maximum absolute atomic E-state index is 14.1. The van der Waals surface area contributed by atoms with E-state index in [0.29, 0.717) is 25.1 Å². The number of amides is 6. The average Bonchev–Trinajstić information content (AvgIpc) is 3.73. The molecule has 1 rings (SSSR count). The molecule has 0 spiro atoms. The van der Waals surface area contributed by atoms with E-state index in [4.69, 9.17) is 34.4 Å². The van der Waals surface area contributed by atoms with Crippen LogP contribution in [0.5, 0.6) is 0 Å². The number of carbonyl (C=O) groups excluding carboxylic acids is 6. The number of guanidine groups is 2. The van der Waals surface area contributed by atoms with Gasteiger partial charge in [-0.1, -0.05) is 27.7 Å². The fourth-order valence-electron chi connectivity index (χ4n) is 6.05. The summed E-state index contributed by atoms with van der Waals surface area (Å²) in [6.07, 6.45) is 4.35. The lowest BCUT2D eigenvalue weighted by molar-refractivity contribution is -0.142. The van der Waals surface area contributed by atoms with E-state index in [2.05, 4.69) is 64.5 Å². The lowest BCUT2D eigenvalue weighted by Gasteiger charge is -2.29. The number of carbonyl (C=O) groups is 7. The van der Waals surface area contributed by atoms with Gasteiger partial charge in [-0.3, -0.25) is 38.8 Å². The fraction of sp³-hybridized carbons (Fsp3) is 0.684. The Kier molecular flexibility index (Phi) is 26.0. The molecular formula is C38H70N16O8S. The lowest BCUT2D eigenvalue weighted by Crippen LogP contribution is -2.60. The summed E-state index contributed by atoms with van der Waals surface area (Å²) < 4.78 is 0. The number of carboxylic acids is 1. The number of aromatic amines is 1. The minimum absolute atomic E-state index is 0.0323. The molecule has 0 unspecified atom stereocenters. The van der Waals surface area contributed by atoms with Gasteiger partial charge >= 0.3 is 5.97 Å². The number of imidazole rings is 1. The molecule has 0 aliphatic heterocycles. The van der Waals surface area contributed by atoms with Crippen LogP contribution in [0.1, 0.15) is 84.8 Å². The van der Waals surface area contributed by atoms with Crippen LogP contribution in [0.15, 0.2) is 22.5 Å². The average molecular weight is 911 g/mol. The minimum Gasteiger partial charge on any atom is -0.480 e. The van der Waals surface area contributed by atoms with Gasteiger partial charge in [-0.05, 0) is 69.7 Å². The molecule has 63 heavy (non-hydrogen) atoms. The van der Waals surface area contributed by atoms with Crippen molar-refractivity contribution in [3.8, 4) is 0 Å². The standard InChI is InChI=1S/C38H70N16O8S/c1-20(2)15-27(52-35(60)29(21(3)4)54-33(58)24(9-5-6-12-39)49-30(55)23(40)18-63)34(59)51-25(10-7-13-46-37(41)42)31(56)50-26(11-8-14-47-38(43)44)32(57)53-28(36(61)62)16-22-17-45-19-48-22/h17,19-21,23-29,63H,5-16,18,39-40H2,1-4H3,(H,45,48)(H,49,55)(H,50,56)(H,51,59)(H,52,60)(H,53,57)(H,54,58)(H,61,62)(H4,41,42,46)(H4,43,44,47)/t23-,24-,25-,26-,27-,28-,29-/m0/s1. The lowest BCUT2D eigenvalue weighted by atomic mass is 9.98. The molecule has 0 aliphatic carbocycles. The zero-order valence-electron chi connectivity index (χ0n) is 36.6. The van der Waals surface area contributed by atoms with E-state index in [9.17, 15) is 38.7 Å². The number of thiol groups is 1. The van der Waals surface area contributed by atoms with Gasteiger partial charge in [-0.25, -0.2) is 9.78 Å². The van der Waals surface area contributed by atoms with E-state index in [0.717, 1.165) is 0 Å². The molecule has 0 aliphatic rings. The number of aliphatic carboxylic acids is 1. The minimum atomic E-state index is -1.40. The van der Waals surface area contributed by atoms with Crippen molar-refractivity contribution in [1.82, 2.24) is 41.9 Å². The van der Waals surface area contributed by atoms with Gasteiger partial charge in [-0.15, -0.1) is 0 Å². The van der Waals surface area contributed by atoms with Gasteiger partial charge < -0.3 is 76.4 Å². The van der Waals surface area contributed by atoms with Crippen molar-refractivity contribution >= 4 is 66.0 Å². The van der Waals surface area contributed by atoms with Crippen LogP contribution in [-0.2, 0) is 40.0 Å². The van der Waals surface area contributed by atoms with Crippen LogP contribution in [0.4, 0.5) is 0 Å². The largest absolute Gasteiger partial charge is 0.480 e. The Morgan fingerprint density at radius 1 is 0.683 bits per heavy atom. The van der Waals surface area contributed by atoms with Crippen molar-refractivity contribution < 1.29 is 38.7 Å². The molecule has 6 amide bonds. The first kappa shape index (κ1) is 55.3. The number of nitrogens with two attached hydrogens (primary N) is 6.